The fourth-order valence-electron chi connectivity index (χ4n) is 3.75. The SMILES string of the molecule is Cc1ccc(C(NC(=O)CN2CCN(CC(=O)NC3CC3)CC2)c2cccs2)cc1. The van der Waals surface area contributed by atoms with Gasteiger partial charge in [-0.05, 0) is 36.8 Å². The van der Waals surface area contributed by atoms with Crippen molar-refractivity contribution >= 4 is 23.2 Å². The zero-order chi connectivity index (χ0) is 20.9. The van der Waals surface area contributed by atoms with Crippen molar-refractivity contribution in [3.05, 3.63) is 57.8 Å². The molecule has 1 unspecified atom stereocenters. The number of carbonyl (C=O) groups is 2. The number of thiophene rings is 1. The van der Waals surface area contributed by atoms with E-state index in [0.717, 1.165) is 49.5 Å². The number of carbonyl (C=O) groups excluding carboxylic acids is 2. The van der Waals surface area contributed by atoms with Gasteiger partial charge in [0.25, 0.3) is 0 Å². The lowest BCUT2D eigenvalue weighted by molar-refractivity contribution is -0.125. The first-order valence-corrected chi connectivity index (χ1v) is 11.6. The van der Waals surface area contributed by atoms with E-state index in [2.05, 4.69) is 57.7 Å². The lowest BCUT2D eigenvalue weighted by Crippen LogP contribution is -2.51. The van der Waals surface area contributed by atoms with Crippen LogP contribution in [0.15, 0.2) is 41.8 Å². The predicted octanol–water partition coefficient (Wildman–Crippen LogP) is 2.16. The number of benzene rings is 1. The van der Waals surface area contributed by atoms with E-state index in [9.17, 15) is 9.59 Å². The maximum Gasteiger partial charge on any atom is 0.234 e. The van der Waals surface area contributed by atoms with Crippen LogP contribution in [0, 0.1) is 6.92 Å². The van der Waals surface area contributed by atoms with Gasteiger partial charge >= 0.3 is 0 Å². The molecule has 2 aromatic rings. The van der Waals surface area contributed by atoms with Crippen LogP contribution in [-0.2, 0) is 9.59 Å². The molecule has 1 aromatic heterocycles. The molecule has 1 saturated carbocycles. The van der Waals surface area contributed by atoms with Crippen molar-refractivity contribution < 1.29 is 9.59 Å². The molecule has 2 amide bonds. The molecule has 6 nitrogen and oxygen atoms in total. The Morgan fingerprint density at radius 3 is 2.20 bits per heavy atom. The van der Waals surface area contributed by atoms with Crippen LogP contribution in [0.5, 0.6) is 0 Å². The van der Waals surface area contributed by atoms with Gasteiger partial charge in [-0.3, -0.25) is 19.4 Å². The average Bonchev–Trinajstić information content (AvgIpc) is 3.37. The zero-order valence-electron chi connectivity index (χ0n) is 17.5. The summed E-state index contributed by atoms with van der Waals surface area (Å²) in [5, 5.41) is 8.31. The van der Waals surface area contributed by atoms with Crippen LogP contribution in [0.3, 0.4) is 0 Å². The third-order valence-corrected chi connectivity index (χ3v) is 6.62. The van der Waals surface area contributed by atoms with Crippen LogP contribution >= 0.6 is 11.3 Å². The Labute approximate surface area is 182 Å². The molecular weight excluding hydrogens is 396 g/mol. The third-order valence-electron chi connectivity index (χ3n) is 5.69. The Morgan fingerprint density at radius 2 is 1.63 bits per heavy atom. The van der Waals surface area contributed by atoms with E-state index in [4.69, 9.17) is 0 Å². The predicted molar refractivity (Wildman–Crippen MR) is 120 cm³/mol. The minimum Gasteiger partial charge on any atom is -0.352 e. The molecule has 30 heavy (non-hydrogen) atoms. The van der Waals surface area contributed by atoms with Crippen molar-refractivity contribution in [2.75, 3.05) is 39.3 Å². The van der Waals surface area contributed by atoms with Gasteiger partial charge < -0.3 is 10.6 Å². The van der Waals surface area contributed by atoms with Crippen molar-refractivity contribution in [1.82, 2.24) is 20.4 Å². The van der Waals surface area contributed by atoms with Crippen molar-refractivity contribution in [1.29, 1.82) is 0 Å². The molecular formula is C23H30N4O2S. The molecule has 2 aliphatic rings. The van der Waals surface area contributed by atoms with Gasteiger partial charge in [-0.15, -0.1) is 11.3 Å². The Balaban J connectivity index is 1.27. The highest BCUT2D eigenvalue weighted by molar-refractivity contribution is 7.10. The smallest absolute Gasteiger partial charge is 0.234 e. The summed E-state index contributed by atoms with van der Waals surface area (Å²) in [7, 11) is 0. The highest BCUT2D eigenvalue weighted by Gasteiger charge is 2.26. The van der Waals surface area contributed by atoms with Gasteiger partial charge in [0.1, 0.15) is 0 Å². The Morgan fingerprint density at radius 1 is 1.00 bits per heavy atom. The number of piperazine rings is 1. The number of amides is 2. The molecule has 2 heterocycles. The number of aryl methyl sites for hydroxylation is 1. The van der Waals surface area contributed by atoms with Crippen molar-refractivity contribution in [2.24, 2.45) is 0 Å². The summed E-state index contributed by atoms with van der Waals surface area (Å²) >= 11 is 1.66. The van der Waals surface area contributed by atoms with Crippen LogP contribution in [0.25, 0.3) is 0 Å². The van der Waals surface area contributed by atoms with Crippen LogP contribution in [0.4, 0.5) is 0 Å². The average molecular weight is 427 g/mol. The molecule has 7 heteroatoms. The highest BCUT2D eigenvalue weighted by atomic mass is 32.1. The quantitative estimate of drug-likeness (QED) is 0.679. The van der Waals surface area contributed by atoms with Crippen molar-refractivity contribution in [3.63, 3.8) is 0 Å². The standard InChI is InChI=1S/C23H30N4O2S/c1-17-4-6-18(7-5-17)23(20-3-2-14-30-20)25-22(29)16-27-12-10-26(11-13-27)15-21(28)24-19-8-9-19/h2-7,14,19,23H,8-13,15-16H2,1H3,(H,24,28)(H,25,29). The van der Waals surface area contributed by atoms with E-state index in [1.807, 2.05) is 11.4 Å². The number of hydrogen-bond acceptors (Lipinski definition) is 5. The van der Waals surface area contributed by atoms with Gasteiger partial charge in [0, 0.05) is 37.1 Å². The number of rotatable bonds is 8. The molecule has 1 aromatic carbocycles. The molecule has 2 fully saturated rings. The lowest BCUT2D eigenvalue weighted by Gasteiger charge is -2.34. The Hall–Kier alpha value is -2.22. The van der Waals surface area contributed by atoms with Crippen LogP contribution in [-0.4, -0.2) is 66.9 Å². The maximum atomic E-state index is 12.8. The van der Waals surface area contributed by atoms with Crippen molar-refractivity contribution in [3.8, 4) is 0 Å². The summed E-state index contributed by atoms with van der Waals surface area (Å²) < 4.78 is 0. The molecule has 160 valence electrons. The van der Waals surface area contributed by atoms with Crippen LogP contribution in [0.2, 0.25) is 0 Å². The van der Waals surface area contributed by atoms with Gasteiger partial charge in [-0.2, -0.15) is 0 Å². The van der Waals surface area contributed by atoms with Crippen LogP contribution < -0.4 is 10.6 Å². The summed E-state index contributed by atoms with van der Waals surface area (Å²) in [5.74, 6) is 0.162. The monoisotopic (exact) mass is 426 g/mol. The lowest BCUT2D eigenvalue weighted by atomic mass is 10.0. The largest absolute Gasteiger partial charge is 0.352 e. The molecule has 0 bridgehead atoms. The highest BCUT2D eigenvalue weighted by Crippen LogP contribution is 2.26. The number of nitrogens with one attached hydrogen (secondary N) is 2. The minimum atomic E-state index is -0.120. The second-order valence-electron chi connectivity index (χ2n) is 8.32. The van der Waals surface area contributed by atoms with E-state index in [1.165, 1.54) is 5.56 Å². The summed E-state index contributed by atoms with van der Waals surface area (Å²) in [5.41, 5.74) is 2.31. The van der Waals surface area contributed by atoms with Crippen molar-refractivity contribution in [2.45, 2.75) is 31.8 Å². The fourth-order valence-corrected chi connectivity index (χ4v) is 4.55. The van der Waals surface area contributed by atoms with E-state index >= 15 is 0 Å². The van der Waals surface area contributed by atoms with Gasteiger partial charge in [0.15, 0.2) is 0 Å². The first-order valence-electron chi connectivity index (χ1n) is 10.7. The summed E-state index contributed by atoms with van der Waals surface area (Å²) in [6.07, 6.45) is 2.23. The van der Waals surface area contributed by atoms with Gasteiger partial charge in [-0.25, -0.2) is 0 Å². The molecule has 0 spiro atoms. The number of nitrogens with zero attached hydrogens (tertiary/aromatic N) is 2. The van der Waals surface area contributed by atoms with Gasteiger partial charge in [0.2, 0.25) is 11.8 Å². The summed E-state index contributed by atoms with van der Waals surface area (Å²) in [6, 6.07) is 12.7. The molecule has 1 aliphatic heterocycles. The van der Waals surface area contributed by atoms with E-state index in [1.54, 1.807) is 11.3 Å². The molecule has 1 aliphatic carbocycles. The van der Waals surface area contributed by atoms with E-state index < -0.39 is 0 Å². The zero-order valence-corrected chi connectivity index (χ0v) is 18.3. The third kappa shape index (κ3) is 5.90. The maximum absolute atomic E-state index is 12.8. The second kappa shape index (κ2) is 9.73. The number of hydrogen-bond donors (Lipinski definition) is 2. The normalized spacial score (nSPS) is 18.7. The molecule has 2 N–H and O–H groups in total. The van der Waals surface area contributed by atoms with Gasteiger partial charge in [0.05, 0.1) is 19.1 Å². The molecule has 1 saturated heterocycles. The minimum absolute atomic E-state index is 0.0360. The summed E-state index contributed by atoms with van der Waals surface area (Å²) in [6.45, 7) is 6.16. The molecule has 0 radical (unpaired) electrons. The first-order chi connectivity index (χ1) is 14.6. The Kier molecular flexibility index (Phi) is 6.82. The second-order valence-corrected chi connectivity index (χ2v) is 9.30. The fraction of sp³-hybridized carbons (Fsp3) is 0.478. The van der Waals surface area contributed by atoms with Crippen LogP contribution in [0.1, 0.15) is 34.9 Å². The van der Waals surface area contributed by atoms with E-state index in [0.29, 0.717) is 19.1 Å². The molecule has 4 rings (SSSR count). The molecule has 1 atom stereocenters. The topological polar surface area (TPSA) is 64.7 Å². The van der Waals surface area contributed by atoms with Gasteiger partial charge in [-0.1, -0.05) is 35.9 Å². The Bertz CT molecular complexity index is 841. The first kappa shape index (κ1) is 21.0. The van der Waals surface area contributed by atoms with E-state index in [-0.39, 0.29) is 17.9 Å². The summed E-state index contributed by atoms with van der Waals surface area (Å²) in [4.78, 5) is 30.3.